The highest BCUT2D eigenvalue weighted by atomic mass is 16.1. The van der Waals surface area contributed by atoms with E-state index in [4.69, 9.17) is 0 Å². The van der Waals surface area contributed by atoms with Crippen LogP contribution in [0.15, 0.2) is 47.7 Å². The minimum Gasteiger partial charge on any atom is -0.301 e. The van der Waals surface area contributed by atoms with Crippen molar-refractivity contribution in [2.24, 2.45) is 0 Å². The van der Waals surface area contributed by atoms with Crippen molar-refractivity contribution in [1.29, 1.82) is 0 Å². The van der Waals surface area contributed by atoms with Gasteiger partial charge in [-0.05, 0) is 18.2 Å². The summed E-state index contributed by atoms with van der Waals surface area (Å²) in [7, 11) is 0. The Bertz CT molecular complexity index is 665. The zero-order valence-corrected chi connectivity index (χ0v) is 7.29. The maximum Gasteiger partial charge on any atom is 0.353 e. The van der Waals surface area contributed by atoms with Crippen LogP contribution in [0.5, 0.6) is 0 Å². The van der Waals surface area contributed by atoms with E-state index in [-0.39, 0.29) is 5.69 Å². The maximum atomic E-state index is 11.4. The molecule has 0 N–H and O–H groups in total. The number of fused-ring (bicyclic) bond motifs is 3. The second kappa shape index (κ2) is 2.45. The molecule has 0 saturated heterocycles. The molecule has 0 aliphatic rings. The van der Waals surface area contributed by atoms with Gasteiger partial charge in [-0.3, -0.25) is 4.40 Å². The third-order valence-electron chi connectivity index (χ3n) is 2.26. The third kappa shape index (κ3) is 0.821. The van der Waals surface area contributed by atoms with E-state index in [2.05, 4.69) is 4.98 Å². The van der Waals surface area contributed by atoms with Crippen molar-refractivity contribution in [2.45, 2.75) is 0 Å². The highest BCUT2D eigenvalue weighted by Gasteiger charge is 2.01. The average molecular weight is 185 g/mol. The first kappa shape index (κ1) is 7.32. The van der Waals surface area contributed by atoms with Crippen LogP contribution in [0.4, 0.5) is 0 Å². The molecule has 0 aliphatic heterocycles. The van der Waals surface area contributed by atoms with Crippen molar-refractivity contribution in [3.63, 3.8) is 0 Å². The molecule has 0 spiro atoms. The Morgan fingerprint density at radius 2 is 2.07 bits per heavy atom. The van der Waals surface area contributed by atoms with Crippen LogP contribution >= 0.6 is 0 Å². The Morgan fingerprint density at radius 3 is 3.00 bits per heavy atom. The monoisotopic (exact) mass is 185 g/mol. The smallest absolute Gasteiger partial charge is 0.301 e. The lowest BCUT2D eigenvalue weighted by Crippen LogP contribution is -2.13. The summed E-state index contributed by atoms with van der Waals surface area (Å²) >= 11 is 0. The Labute approximate surface area is 79.1 Å². The molecule has 0 aliphatic carbocycles. The molecule has 3 rings (SSSR count). The Kier molecular flexibility index (Phi) is 1.28. The van der Waals surface area contributed by atoms with Gasteiger partial charge < -0.3 is 4.40 Å². The fourth-order valence-corrected chi connectivity index (χ4v) is 1.63. The van der Waals surface area contributed by atoms with Gasteiger partial charge in [-0.25, -0.2) is 9.78 Å². The van der Waals surface area contributed by atoms with Crippen LogP contribution in [0.3, 0.4) is 0 Å². The lowest BCUT2D eigenvalue weighted by molar-refractivity contribution is 0.994. The van der Waals surface area contributed by atoms with E-state index < -0.39 is 0 Å². The van der Waals surface area contributed by atoms with Crippen LogP contribution in [-0.4, -0.2) is 13.8 Å². The molecule has 0 bridgehead atoms. The Morgan fingerprint density at radius 1 is 1.14 bits per heavy atom. The quantitative estimate of drug-likeness (QED) is 0.523. The van der Waals surface area contributed by atoms with Crippen molar-refractivity contribution in [2.75, 3.05) is 0 Å². The van der Waals surface area contributed by atoms with Gasteiger partial charge >= 0.3 is 5.69 Å². The zero-order valence-electron chi connectivity index (χ0n) is 7.29. The van der Waals surface area contributed by atoms with Crippen LogP contribution in [0.2, 0.25) is 0 Å². The summed E-state index contributed by atoms with van der Waals surface area (Å²) in [5.74, 6) is 0. The predicted molar refractivity (Wildman–Crippen MR) is 52.4 cm³/mol. The molecular formula is C10H7N3O. The number of rotatable bonds is 0. The van der Waals surface area contributed by atoms with Gasteiger partial charge in [0.05, 0.1) is 5.52 Å². The third-order valence-corrected chi connectivity index (χ3v) is 2.26. The van der Waals surface area contributed by atoms with Gasteiger partial charge in [0.2, 0.25) is 0 Å². The molecule has 4 nitrogen and oxygen atoms in total. The number of hydrogen-bond acceptors (Lipinski definition) is 2. The molecule has 3 heterocycles. The van der Waals surface area contributed by atoms with Gasteiger partial charge in [0, 0.05) is 18.6 Å². The van der Waals surface area contributed by atoms with Gasteiger partial charge in [0.15, 0.2) is 0 Å². The highest BCUT2D eigenvalue weighted by molar-refractivity contribution is 5.56. The molecule has 3 aromatic heterocycles. The summed E-state index contributed by atoms with van der Waals surface area (Å²) < 4.78 is 3.48. The van der Waals surface area contributed by atoms with Gasteiger partial charge in [-0.1, -0.05) is 6.07 Å². The van der Waals surface area contributed by atoms with Crippen molar-refractivity contribution in [1.82, 2.24) is 13.8 Å². The van der Waals surface area contributed by atoms with Gasteiger partial charge in [0.25, 0.3) is 0 Å². The molecule has 3 aromatic rings. The average Bonchev–Trinajstić information content (AvgIpc) is 2.59. The van der Waals surface area contributed by atoms with E-state index >= 15 is 0 Å². The van der Waals surface area contributed by atoms with Gasteiger partial charge in [0.1, 0.15) is 5.65 Å². The SMILES string of the molecule is O=c1nccc2n1cc1ccccn12. The van der Waals surface area contributed by atoms with E-state index in [1.54, 1.807) is 6.20 Å². The number of pyridine rings is 1. The number of aromatic nitrogens is 3. The van der Waals surface area contributed by atoms with E-state index in [0.717, 1.165) is 11.2 Å². The summed E-state index contributed by atoms with van der Waals surface area (Å²) in [6.07, 6.45) is 5.23. The molecule has 0 radical (unpaired) electrons. The molecule has 0 unspecified atom stereocenters. The fourth-order valence-electron chi connectivity index (χ4n) is 1.63. The topological polar surface area (TPSA) is 38.8 Å². The first-order valence-electron chi connectivity index (χ1n) is 4.30. The number of hydrogen-bond donors (Lipinski definition) is 0. The number of imidazole rings is 1. The summed E-state index contributed by atoms with van der Waals surface area (Å²) in [5.41, 5.74) is 1.57. The normalized spacial score (nSPS) is 11.1. The molecule has 0 amide bonds. The molecule has 0 saturated carbocycles. The minimum atomic E-state index is -0.244. The van der Waals surface area contributed by atoms with E-state index in [1.165, 1.54) is 10.6 Å². The summed E-state index contributed by atoms with van der Waals surface area (Å²) in [6.45, 7) is 0. The second-order valence-electron chi connectivity index (χ2n) is 3.08. The van der Waals surface area contributed by atoms with Gasteiger partial charge in [-0.15, -0.1) is 0 Å². The molecule has 68 valence electrons. The molecule has 0 fully saturated rings. The van der Waals surface area contributed by atoms with Crippen molar-refractivity contribution in [3.05, 3.63) is 53.3 Å². The lowest BCUT2D eigenvalue weighted by Gasteiger charge is -1.93. The van der Waals surface area contributed by atoms with Crippen LogP contribution in [-0.2, 0) is 0 Å². The molecular weight excluding hydrogens is 178 g/mol. The summed E-state index contributed by atoms with van der Waals surface area (Å²) in [5, 5.41) is 0. The maximum absolute atomic E-state index is 11.4. The minimum absolute atomic E-state index is 0.244. The largest absolute Gasteiger partial charge is 0.353 e. The molecule has 0 atom stereocenters. The van der Waals surface area contributed by atoms with Crippen molar-refractivity contribution >= 4 is 11.2 Å². The lowest BCUT2D eigenvalue weighted by atomic mass is 10.4. The zero-order chi connectivity index (χ0) is 9.54. The molecule has 0 aromatic carbocycles. The van der Waals surface area contributed by atoms with Crippen LogP contribution in [0, 0.1) is 0 Å². The fraction of sp³-hybridized carbons (Fsp3) is 0. The Hall–Kier alpha value is -2.10. The van der Waals surface area contributed by atoms with E-state index in [9.17, 15) is 4.79 Å². The number of nitrogens with zero attached hydrogens (tertiary/aromatic N) is 3. The van der Waals surface area contributed by atoms with Crippen molar-refractivity contribution < 1.29 is 0 Å². The van der Waals surface area contributed by atoms with Crippen LogP contribution < -0.4 is 5.69 Å². The van der Waals surface area contributed by atoms with Crippen LogP contribution in [0.1, 0.15) is 0 Å². The predicted octanol–water partition coefficient (Wildman–Crippen LogP) is 0.947. The summed E-state index contributed by atoms with van der Waals surface area (Å²) in [6, 6.07) is 7.63. The van der Waals surface area contributed by atoms with Gasteiger partial charge in [-0.2, -0.15) is 0 Å². The summed E-state index contributed by atoms with van der Waals surface area (Å²) in [4.78, 5) is 15.1. The highest BCUT2D eigenvalue weighted by Crippen LogP contribution is 2.08. The van der Waals surface area contributed by atoms with Crippen molar-refractivity contribution in [3.8, 4) is 0 Å². The standard InChI is InChI=1S/C10H7N3O/c14-10-11-5-4-9-12-6-2-1-3-8(12)7-13(9)10/h1-7H. The first-order chi connectivity index (χ1) is 6.86. The van der Waals surface area contributed by atoms with E-state index in [0.29, 0.717) is 0 Å². The van der Waals surface area contributed by atoms with E-state index in [1.807, 2.05) is 34.9 Å². The first-order valence-corrected chi connectivity index (χ1v) is 4.30. The second-order valence-corrected chi connectivity index (χ2v) is 3.08. The Balaban J connectivity index is 2.70. The van der Waals surface area contributed by atoms with Crippen LogP contribution in [0.25, 0.3) is 11.2 Å². The molecule has 14 heavy (non-hydrogen) atoms. The molecule has 4 heteroatoms.